The first-order chi connectivity index (χ1) is 28.7. The largest absolute Gasteiger partial charge is 0.310 e. The van der Waals surface area contributed by atoms with E-state index in [9.17, 15) is 0 Å². The first-order valence-corrected chi connectivity index (χ1v) is 20.5. The van der Waals surface area contributed by atoms with Crippen molar-refractivity contribution in [2.75, 3.05) is 4.90 Å². The van der Waals surface area contributed by atoms with E-state index in [1.807, 2.05) is 0 Å². The molecule has 274 valence electrons. The normalized spacial score (nSPS) is 17.4. The minimum absolute atomic E-state index is 0.392. The lowest BCUT2D eigenvalue weighted by molar-refractivity contribution is 0.725. The van der Waals surface area contributed by atoms with Gasteiger partial charge in [0, 0.05) is 33.5 Å². The summed E-state index contributed by atoms with van der Waals surface area (Å²) in [5.41, 5.74) is 20.0. The maximum atomic E-state index is 2.51. The molecule has 2 atom stereocenters. The molecule has 0 N–H and O–H groups in total. The fourth-order valence-electron chi connectivity index (χ4n) is 10.5. The van der Waals surface area contributed by atoms with Crippen LogP contribution in [0.1, 0.15) is 35.6 Å². The van der Waals surface area contributed by atoms with Crippen molar-refractivity contribution in [2.45, 2.75) is 18.8 Å². The third-order valence-corrected chi connectivity index (χ3v) is 13.0. The van der Waals surface area contributed by atoms with Gasteiger partial charge < -0.3 is 9.47 Å². The molecule has 2 nitrogen and oxygen atoms in total. The lowest BCUT2D eigenvalue weighted by atomic mass is 9.68. The Kier molecular flexibility index (Phi) is 7.22. The van der Waals surface area contributed by atoms with Gasteiger partial charge in [0.2, 0.25) is 0 Å². The quantitative estimate of drug-likeness (QED) is 0.171. The van der Waals surface area contributed by atoms with Gasteiger partial charge in [-0.05, 0) is 123 Å². The molecule has 0 amide bonds. The Morgan fingerprint density at radius 1 is 0.483 bits per heavy atom. The number of allylic oxidation sites excluding steroid dienone is 4. The molecule has 0 saturated carbocycles. The molecule has 3 aliphatic carbocycles. The van der Waals surface area contributed by atoms with Crippen LogP contribution in [0.4, 0.5) is 17.1 Å². The van der Waals surface area contributed by atoms with Crippen LogP contribution in [-0.2, 0) is 5.41 Å². The smallest absolute Gasteiger partial charge is 0.0722 e. The maximum absolute atomic E-state index is 2.51. The summed E-state index contributed by atoms with van der Waals surface area (Å²) in [5, 5.41) is 2.49. The van der Waals surface area contributed by atoms with Crippen LogP contribution in [0.25, 0.3) is 55.3 Å². The first kappa shape index (κ1) is 33.0. The zero-order valence-corrected chi connectivity index (χ0v) is 32.3. The number of benzene rings is 8. The Labute approximate surface area is 339 Å². The molecular formula is C56H40N2. The van der Waals surface area contributed by atoms with Gasteiger partial charge in [0.1, 0.15) is 0 Å². The average molecular weight is 741 g/mol. The van der Waals surface area contributed by atoms with Crippen LogP contribution in [-0.4, -0.2) is 4.57 Å². The van der Waals surface area contributed by atoms with E-state index in [1.165, 1.54) is 77.5 Å². The third kappa shape index (κ3) is 4.66. The standard InChI is InChI=1S/C56H40N2/c1-37-24-33-52-49(34-37)45-19-9-12-22-51(45)56(52)50-21-11-8-18-44(50)46-31-29-42(35-53(46)56)57(41-27-25-39(26-28-41)38-14-4-2-5-15-38)43-30-32-48-47-20-10-13-23-54(47)58(55(48)36-43)40-16-6-3-7-17-40/h2-33,35-37H,34H2,1H3. The Bertz CT molecular complexity index is 3150. The highest BCUT2D eigenvalue weighted by Crippen LogP contribution is 2.64. The SMILES string of the molecule is CC1C=CC2=C(C1)c1ccccc1C21c2ccccc2-c2ccc(N(c3ccc(-c4ccccc4)cc3)c3ccc4c5ccccc5n(-c5ccccc5)c4c3)cc21. The van der Waals surface area contributed by atoms with Crippen molar-refractivity contribution in [2.24, 2.45) is 5.92 Å². The number of aromatic nitrogens is 1. The van der Waals surface area contributed by atoms with Crippen molar-refractivity contribution in [3.8, 4) is 27.9 Å². The van der Waals surface area contributed by atoms with Crippen LogP contribution < -0.4 is 4.90 Å². The second-order valence-electron chi connectivity index (χ2n) is 16.1. The van der Waals surface area contributed by atoms with Crippen LogP contribution >= 0.6 is 0 Å². The highest BCUT2D eigenvalue weighted by molar-refractivity contribution is 6.10. The van der Waals surface area contributed by atoms with Gasteiger partial charge in [-0.25, -0.2) is 0 Å². The van der Waals surface area contributed by atoms with Crippen molar-refractivity contribution in [1.82, 2.24) is 4.57 Å². The number of nitrogens with zero attached hydrogens (tertiary/aromatic N) is 2. The second kappa shape index (κ2) is 12.7. The molecule has 58 heavy (non-hydrogen) atoms. The molecule has 1 aromatic heterocycles. The van der Waals surface area contributed by atoms with Gasteiger partial charge >= 0.3 is 0 Å². The third-order valence-electron chi connectivity index (χ3n) is 13.0. The van der Waals surface area contributed by atoms with E-state index in [2.05, 4.69) is 223 Å². The van der Waals surface area contributed by atoms with Gasteiger partial charge in [-0.15, -0.1) is 0 Å². The molecule has 1 heterocycles. The molecule has 2 unspecified atom stereocenters. The predicted molar refractivity (Wildman–Crippen MR) is 243 cm³/mol. The molecule has 1 spiro atoms. The summed E-state index contributed by atoms with van der Waals surface area (Å²) in [4.78, 5) is 2.47. The van der Waals surface area contributed by atoms with Crippen LogP contribution in [0.3, 0.4) is 0 Å². The molecule has 0 bridgehead atoms. The molecule has 3 aliphatic rings. The summed E-state index contributed by atoms with van der Waals surface area (Å²) in [6.45, 7) is 2.34. The fourth-order valence-corrected chi connectivity index (χ4v) is 10.5. The number of anilines is 3. The molecule has 12 rings (SSSR count). The summed E-state index contributed by atoms with van der Waals surface area (Å²) in [7, 11) is 0. The minimum atomic E-state index is -0.392. The van der Waals surface area contributed by atoms with Crippen LogP contribution in [0.2, 0.25) is 0 Å². The van der Waals surface area contributed by atoms with Crippen molar-refractivity contribution in [3.05, 3.63) is 234 Å². The van der Waals surface area contributed by atoms with Crippen LogP contribution in [0.5, 0.6) is 0 Å². The van der Waals surface area contributed by atoms with Gasteiger partial charge in [-0.2, -0.15) is 0 Å². The monoisotopic (exact) mass is 740 g/mol. The van der Waals surface area contributed by atoms with E-state index in [1.54, 1.807) is 0 Å². The van der Waals surface area contributed by atoms with Crippen LogP contribution in [0, 0.1) is 5.92 Å². The molecule has 9 aromatic rings. The van der Waals surface area contributed by atoms with E-state index < -0.39 is 5.41 Å². The molecule has 0 fully saturated rings. The summed E-state index contributed by atoms with van der Waals surface area (Å²) in [5.74, 6) is 0.500. The second-order valence-corrected chi connectivity index (χ2v) is 16.1. The number of hydrogen-bond acceptors (Lipinski definition) is 1. The highest BCUT2D eigenvalue weighted by Gasteiger charge is 2.52. The number of hydrogen-bond donors (Lipinski definition) is 0. The van der Waals surface area contributed by atoms with E-state index in [4.69, 9.17) is 0 Å². The van der Waals surface area contributed by atoms with E-state index in [0.717, 1.165) is 29.2 Å². The maximum Gasteiger partial charge on any atom is 0.0722 e. The lowest BCUT2D eigenvalue weighted by Crippen LogP contribution is -2.27. The number of rotatable bonds is 5. The van der Waals surface area contributed by atoms with Gasteiger partial charge in [0.25, 0.3) is 0 Å². The number of para-hydroxylation sites is 2. The fraction of sp³-hybridized carbons (Fsp3) is 0.0714. The van der Waals surface area contributed by atoms with Gasteiger partial charge in [-0.3, -0.25) is 0 Å². The van der Waals surface area contributed by atoms with Crippen molar-refractivity contribution in [1.29, 1.82) is 0 Å². The molecule has 0 radical (unpaired) electrons. The molecular weight excluding hydrogens is 701 g/mol. The molecule has 0 saturated heterocycles. The minimum Gasteiger partial charge on any atom is -0.310 e. The van der Waals surface area contributed by atoms with Gasteiger partial charge in [0.05, 0.1) is 16.4 Å². The summed E-state index contributed by atoms with van der Waals surface area (Å²) < 4.78 is 2.42. The lowest BCUT2D eigenvalue weighted by Gasteiger charge is -2.34. The summed E-state index contributed by atoms with van der Waals surface area (Å²) in [6.07, 6.45) is 5.94. The topological polar surface area (TPSA) is 8.17 Å². The zero-order chi connectivity index (χ0) is 38.4. The summed E-state index contributed by atoms with van der Waals surface area (Å²) in [6, 6.07) is 71.9. The van der Waals surface area contributed by atoms with Crippen molar-refractivity contribution in [3.63, 3.8) is 0 Å². The zero-order valence-electron chi connectivity index (χ0n) is 32.3. The average Bonchev–Trinajstić information content (AvgIpc) is 3.88. The Morgan fingerprint density at radius 3 is 1.88 bits per heavy atom. The van der Waals surface area contributed by atoms with Gasteiger partial charge in [-0.1, -0.05) is 159 Å². The summed E-state index contributed by atoms with van der Waals surface area (Å²) >= 11 is 0. The number of fused-ring (bicyclic) bond motifs is 12. The molecule has 2 heteroatoms. The Balaban J connectivity index is 1.11. The van der Waals surface area contributed by atoms with Crippen LogP contribution in [0.15, 0.2) is 212 Å². The molecule has 8 aromatic carbocycles. The molecule has 0 aliphatic heterocycles. The van der Waals surface area contributed by atoms with Gasteiger partial charge in [0.15, 0.2) is 0 Å². The van der Waals surface area contributed by atoms with E-state index in [-0.39, 0.29) is 0 Å². The van der Waals surface area contributed by atoms with Crippen molar-refractivity contribution < 1.29 is 0 Å². The predicted octanol–water partition coefficient (Wildman–Crippen LogP) is 14.6. The van der Waals surface area contributed by atoms with Crippen molar-refractivity contribution >= 4 is 44.4 Å². The highest BCUT2D eigenvalue weighted by atomic mass is 15.1. The first-order valence-electron chi connectivity index (χ1n) is 20.5. The Morgan fingerprint density at radius 2 is 1.07 bits per heavy atom. The Hall–Kier alpha value is -7.16. The van der Waals surface area contributed by atoms with E-state index in [0.29, 0.717) is 5.92 Å². The van der Waals surface area contributed by atoms with E-state index >= 15 is 0 Å².